The van der Waals surface area contributed by atoms with E-state index in [1.54, 1.807) is 6.20 Å². The Bertz CT molecular complexity index is 336. The second-order valence-corrected chi connectivity index (χ2v) is 4.34. The SMILES string of the molecule is CC(C)CCNc1cc(C(N)=S)ccn1. The Balaban J connectivity index is 2.54. The molecule has 0 bridgehead atoms. The Kier molecular flexibility index (Phi) is 4.49. The van der Waals surface area contributed by atoms with Crippen LogP contribution in [0, 0.1) is 5.92 Å². The number of nitrogens with one attached hydrogen (secondary N) is 1. The highest BCUT2D eigenvalue weighted by molar-refractivity contribution is 7.80. The highest BCUT2D eigenvalue weighted by Crippen LogP contribution is 2.07. The number of rotatable bonds is 5. The van der Waals surface area contributed by atoms with E-state index in [-0.39, 0.29) is 0 Å². The monoisotopic (exact) mass is 223 g/mol. The maximum absolute atomic E-state index is 5.54. The summed E-state index contributed by atoms with van der Waals surface area (Å²) in [5.41, 5.74) is 6.39. The normalized spacial score (nSPS) is 10.3. The molecule has 0 fully saturated rings. The lowest BCUT2D eigenvalue weighted by Crippen LogP contribution is -2.11. The third kappa shape index (κ3) is 4.25. The molecule has 3 nitrogen and oxygen atoms in total. The fourth-order valence-electron chi connectivity index (χ4n) is 1.17. The summed E-state index contributed by atoms with van der Waals surface area (Å²) in [5, 5.41) is 3.24. The van der Waals surface area contributed by atoms with Crippen LogP contribution in [0.25, 0.3) is 0 Å². The van der Waals surface area contributed by atoms with Crippen molar-refractivity contribution < 1.29 is 0 Å². The number of nitrogens with zero attached hydrogens (tertiary/aromatic N) is 1. The van der Waals surface area contributed by atoms with Crippen molar-refractivity contribution in [1.82, 2.24) is 4.98 Å². The number of nitrogens with two attached hydrogens (primary N) is 1. The third-order valence-electron chi connectivity index (χ3n) is 2.07. The molecule has 1 aromatic heterocycles. The summed E-state index contributed by atoms with van der Waals surface area (Å²) in [4.78, 5) is 4.60. The molecule has 4 heteroatoms. The number of thiocarbonyl (C=S) groups is 1. The van der Waals surface area contributed by atoms with Crippen molar-refractivity contribution in [2.45, 2.75) is 20.3 Å². The minimum atomic E-state index is 0.407. The van der Waals surface area contributed by atoms with Crippen LogP contribution < -0.4 is 11.1 Å². The Labute approximate surface area is 96.1 Å². The highest BCUT2D eigenvalue weighted by atomic mass is 32.1. The lowest BCUT2D eigenvalue weighted by molar-refractivity contribution is 0.606. The van der Waals surface area contributed by atoms with Gasteiger partial charge in [0, 0.05) is 18.3 Å². The first-order chi connectivity index (χ1) is 7.09. The molecule has 1 heterocycles. The minimum absolute atomic E-state index is 0.407. The van der Waals surface area contributed by atoms with Gasteiger partial charge in [-0.15, -0.1) is 0 Å². The van der Waals surface area contributed by atoms with Crippen molar-refractivity contribution in [3.8, 4) is 0 Å². The van der Waals surface area contributed by atoms with Gasteiger partial charge in [0.2, 0.25) is 0 Å². The first-order valence-corrected chi connectivity index (χ1v) is 5.50. The zero-order chi connectivity index (χ0) is 11.3. The van der Waals surface area contributed by atoms with E-state index in [0.29, 0.717) is 10.9 Å². The average molecular weight is 223 g/mol. The maximum atomic E-state index is 5.54. The molecule has 3 N–H and O–H groups in total. The molecule has 0 amide bonds. The summed E-state index contributed by atoms with van der Waals surface area (Å²) < 4.78 is 0. The van der Waals surface area contributed by atoms with E-state index in [1.807, 2.05) is 12.1 Å². The topological polar surface area (TPSA) is 50.9 Å². The molecule has 0 spiro atoms. The lowest BCUT2D eigenvalue weighted by atomic mass is 10.1. The summed E-state index contributed by atoms with van der Waals surface area (Å²) in [6.07, 6.45) is 2.84. The van der Waals surface area contributed by atoms with Crippen molar-refractivity contribution >= 4 is 23.0 Å². The van der Waals surface area contributed by atoms with Crippen LogP contribution in [0.2, 0.25) is 0 Å². The first-order valence-electron chi connectivity index (χ1n) is 5.09. The number of hydrogen-bond donors (Lipinski definition) is 2. The Hall–Kier alpha value is -1.16. The predicted molar refractivity (Wildman–Crippen MR) is 68.1 cm³/mol. The van der Waals surface area contributed by atoms with Crippen LogP contribution >= 0.6 is 12.2 Å². The van der Waals surface area contributed by atoms with E-state index < -0.39 is 0 Å². The quantitative estimate of drug-likeness (QED) is 0.751. The van der Waals surface area contributed by atoms with Gasteiger partial charge in [-0.2, -0.15) is 0 Å². The van der Waals surface area contributed by atoms with E-state index in [2.05, 4.69) is 24.1 Å². The van der Waals surface area contributed by atoms with Crippen molar-refractivity contribution in [3.63, 3.8) is 0 Å². The second-order valence-electron chi connectivity index (χ2n) is 3.90. The van der Waals surface area contributed by atoms with Crippen LogP contribution in [0.15, 0.2) is 18.3 Å². The number of anilines is 1. The largest absolute Gasteiger partial charge is 0.389 e. The number of hydrogen-bond acceptors (Lipinski definition) is 3. The van der Waals surface area contributed by atoms with Gasteiger partial charge >= 0.3 is 0 Å². The van der Waals surface area contributed by atoms with E-state index in [9.17, 15) is 0 Å². The van der Waals surface area contributed by atoms with Crippen LogP contribution in [0.1, 0.15) is 25.8 Å². The minimum Gasteiger partial charge on any atom is -0.389 e. The van der Waals surface area contributed by atoms with Gasteiger partial charge in [-0.25, -0.2) is 4.98 Å². The average Bonchev–Trinajstić information content (AvgIpc) is 2.17. The lowest BCUT2D eigenvalue weighted by Gasteiger charge is -2.08. The Morgan fingerprint density at radius 3 is 2.93 bits per heavy atom. The number of pyridine rings is 1. The molecule has 0 saturated heterocycles. The van der Waals surface area contributed by atoms with E-state index in [4.69, 9.17) is 18.0 Å². The van der Waals surface area contributed by atoms with Crippen molar-refractivity contribution in [2.75, 3.05) is 11.9 Å². The molecule has 0 saturated carbocycles. The van der Waals surface area contributed by atoms with Crippen LogP contribution in [-0.4, -0.2) is 16.5 Å². The molecule has 0 atom stereocenters. The van der Waals surface area contributed by atoms with Gasteiger partial charge in [0.05, 0.1) is 0 Å². The molecule has 15 heavy (non-hydrogen) atoms. The molecule has 0 aliphatic heterocycles. The molecular formula is C11H17N3S. The highest BCUT2D eigenvalue weighted by Gasteiger charge is 1.99. The van der Waals surface area contributed by atoms with Crippen LogP contribution in [0.3, 0.4) is 0 Å². The fraction of sp³-hybridized carbons (Fsp3) is 0.455. The predicted octanol–water partition coefficient (Wildman–Crippen LogP) is 2.17. The summed E-state index contributed by atoms with van der Waals surface area (Å²) >= 11 is 4.90. The Morgan fingerprint density at radius 2 is 2.33 bits per heavy atom. The maximum Gasteiger partial charge on any atom is 0.126 e. The summed E-state index contributed by atoms with van der Waals surface area (Å²) in [6, 6.07) is 3.69. The molecule has 0 aliphatic carbocycles. The molecule has 0 aliphatic rings. The second kappa shape index (κ2) is 5.66. The molecule has 0 unspecified atom stereocenters. The Morgan fingerprint density at radius 1 is 1.60 bits per heavy atom. The van der Waals surface area contributed by atoms with E-state index in [0.717, 1.165) is 24.3 Å². The molecule has 1 aromatic rings. The standard InChI is InChI=1S/C11H17N3S/c1-8(2)3-5-13-10-7-9(11(12)15)4-6-14-10/h4,6-8H,3,5H2,1-2H3,(H2,12,15)(H,13,14). The summed E-state index contributed by atoms with van der Waals surface area (Å²) in [5.74, 6) is 1.53. The van der Waals surface area contributed by atoms with Gasteiger partial charge in [0.25, 0.3) is 0 Å². The zero-order valence-electron chi connectivity index (χ0n) is 9.16. The first kappa shape index (κ1) is 11.9. The fourth-order valence-corrected chi connectivity index (χ4v) is 1.30. The third-order valence-corrected chi connectivity index (χ3v) is 2.31. The van der Waals surface area contributed by atoms with Gasteiger partial charge in [-0.05, 0) is 24.5 Å². The molecule has 1 rings (SSSR count). The zero-order valence-corrected chi connectivity index (χ0v) is 9.97. The number of aromatic nitrogens is 1. The van der Waals surface area contributed by atoms with E-state index in [1.165, 1.54) is 0 Å². The van der Waals surface area contributed by atoms with Gasteiger partial charge < -0.3 is 11.1 Å². The van der Waals surface area contributed by atoms with Crippen molar-refractivity contribution in [1.29, 1.82) is 0 Å². The molecular weight excluding hydrogens is 206 g/mol. The van der Waals surface area contributed by atoms with Crippen LogP contribution in [0.4, 0.5) is 5.82 Å². The van der Waals surface area contributed by atoms with Gasteiger partial charge in [0.1, 0.15) is 10.8 Å². The smallest absolute Gasteiger partial charge is 0.126 e. The summed E-state index contributed by atoms with van der Waals surface area (Å²) in [7, 11) is 0. The van der Waals surface area contributed by atoms with Crippen LogP contribution in [0.5, 0.6) is 0 Å². The van der Waals surface area contributed by atoms with Crippen molar-refractivity contribution in [3.05, 3.63) is 23.9 Å². The van der Waals surface area contributed by atoms with Gasteiger partial charge in [-0.1, -0.05) is 26.1 Å². The molecule has 82 valence electrons. The molecule has 0 radical (unpaired) electrons. The summed E-state index contributed by atoms with van der Waals surface area (Å²) in [6.45, 7) is 5.31. The van der Waals surface area contributed by atoms with Crippen molar-refractivity contribution in [2.24, 2.45) is 11.7 Å². The molecule has 0 aromatic carbocycles. The van der Waals surface area contributed by atoms with Crippen LogP contribution in [-0.2, 0) is 0 Å². The van der Waals surface area contributed by atoms with Gasteiger partial charge in [-0.3, -0.25) is 0 Å². The van der Waals surface area contributed by atoms with Gasteiger partial charge in [0.15, 0.2) is 0 Å². The van der Waals surface area contributed by atoms with E-state index >= 15 is 0 Å².